The minimum atomic E-state index is -2.13. The van der Waals surface area contributed by atoms with Crippen LogP contribution in [0.2, 0.25) is 0 Å². The highest BCUT2D eigenvalue weighted by Crippen LogP contribution is 2.32. The van der Waals surface area contributed by atoms with Gasteiger partial charge in [0.05, 0.1) is 13.2 Å². The van der Waals surface area contributed by atoms with Gasteiger partial charge in [-0.25, -0.2) is 4.79 Å². The van der Waals surface area contributed by atoms with E-state index in [4.69, 9.17) is 23.7 Å². The molecule has 3 saturated heterocycles. The predicted molar refractivity (Wildman–Crippen MR) is 125 cm³/mol. The van der Waals surface area contributed by atoms with Gasteiger partial charge in [0.25, 0.3) is 0 Å². The van der Waals surface area contributed by atoms with Crippen LogP contribution in [-0.4, -0.2) is 169 Å². The number of carboxylic acids is 1. The summed E-state index contributed by atoms with van der Waals surface area (Å²) in [4.78, 5) is 35.3. The highest BCUT2D eigenvalue weighted by Gasteiger charge is 2.55. The first kappa shape index (κ1) is 33.4. The maximum Gasteiger partial charge on any atom is 0.335 e. The second kappa shape index (κ2) is 13.9. The van der Waals surface area contributed by atoms with Crippen molar-refractivity contribution in [1.29, 1.82) is 0 Å². The fraction of sp³-hybridized carbons (Fsp3) is 0.864. The number of amides is 2. The lowest BCUT2D eigenvalue weighted by Crippen LogP contribution is -2.69. The zero-order valence-electron chi connectivity index (χ0n) is 21.9. The Bertz CT molecular complexity index is 927. The molecule has 19 heteroatoms. The fourth-order valence-corrected chi connectivity index (χ4v) is 4.84. The summed E-state index contributed by atoms with van der Waals surface area (Å²) in [5.41, 5.74) is 0. The van der Waals surface area contributed by atoms with Crippen LogP contribution >= 0.6 is 0 Å². The number of aliphatic carboxylic acids is 1. The van der Waals surface area contributed by atoms with Crippen LogP contribution in [0, 0.1) is 0 Å². The lowest BCUT2D eigenvalue weighted by atomic mass is 9.94. The van der Waals surface area contributed by atoms with Crippen LogP contribution in [0.15, 0.2) is 0 Å². The normalized spacial score (nSPS) is 45.1. The van der Waals surface area contributed by atoms with Gasteiger partial charge in [-0.3, -0.25) is 9.59 Å². The van der Waals surface area contributed by atoms with Gasteiger partial charge in [0.2, 0.25) is 11.8 Å². The number of hydrogen-bond donors (Lipinski definition) is 11. The zero-order chi connectivity index (χ0) is 30.8. The second-order valence-electron chi connectivity index (χ2n) is 9.84. The van der Waals surface area contributed by atoms with Gasteiger partial charge in [0, 0.05) is 13.8 Å². The third kappa shape index (κ3) is 7.28. The van der Waals surface area contributed by atoms with Crippen molar-refractivity contribution in [1.82, 2.24) is 10.6 Å². The van der Waals surface area contributed by atoms with E-state index >= 15 is 0 Å². The molecule has 236 valence electrons. The first-order valence-electron chi connectivity index (χ1n) is 12.6. The lowest BCUT2D eigenvalue weighted by Gasteiger charge is -2.48. The van der Waals surface area contributed by atoms with Crippen molar-refractivity contribution in [3.63, 3.8) is 0 Å². The molecule has 0 unspecified atom stereocenters. The molecule has 3 rings (SSSR count). The summed E-state index contributed by atoms with van der Waals surface area (Å²) in [6.45, 7) is 0.498. The van der Waals surface area contributed by atoms with Crippen LogP contribution in [0.3, 0.4) is 0 Å². The number of hydrogen-bond acceptors (Lipinski definition) is 16. The Labute approximate surface area is 232 Å². The van der Waals surface area contributed by atoms with E-state index in [1.54, 1.807) is 0 Å². The van der Waals surface area contributed by atoms with Gasteiger partial charge >= 0.3 is 5.97 Å². The SMILES string of the molecule is CC(=O)N[C@@H]1[C@@H](O)[C@H](O[C@@H]2O[C@H](C(=O)O)[C@@H](O[C@H]3O[C@H](CO)[C@@H](O)[C@H](O)[C@H]3NC(C)=O)[C@H](O)[C@H]2O)[C@@H](CO)O[C@@H]1O. The molecule has 0 aromatic carbocycles. The fourth-order valence-electron chi connectivity index (χ4n) is 4.84. The highest BCUT2D eigenvalue weighted by atomic mass is 16.7. The first-order chi connectivity index (χ1) is 19.2. The van der Waals surface area contributed by atoms with Gasteiger partial charge in [-0.2, -0.15) is 0 Å². The molecular formula is C22H36N2O17. The van der Waals surface area contributed by atoms with Gasteiger partial charge < -0.3 is 80.3 Å². The number of carbonyl (C=O) groups excluding carboxylic acids is 2. The summed E-state index contributed by atoms with van der Waals surface area (Å²) in [6, 6.07) is -2.98. The van der Waals surface area contributed by atoms with Crippen LogP contribution in [0.4, 0.5) is 0 Å². The third-order valence-electron chi connectivity index (χ3n) is 6.86. The van der Waals surface area contributed by atoms with Crippen LogP contribution in [0.1, 0.15) is 13.8 Å². The molecule has 0 bridgehead atoms. The van der Waals surface area contributed by atoms with Gasteiger partial charge in [-0.05, 0) is 0 Å². The van der Waals surface area contributed by atoms with Gasteiger partial charge in [-0.15, -0.1) is 0 Å². The van der Waals surface area contributed by atoms with Crippen LogP contribution in [0.5, 0.6) is 0 Å². The minimum Gasteiger partial charge on any atom is -0.479 e. The number of rotatable bonds is 9. The van der Waals surface area contributed by atoms with Crippen molar-refractivity contribution < 1.29 is 84.0 Å². The maximum absolute atomic E-state index is 12.1. The number of aliphatic hydroxyl groups excluding tert-OH is 8. The summed E-state index contributed by atoms with van der Waals surface area (Å²) in [5, 5.41) is 96.5. The third-order valence-corrected chi connectivity index (χ3v) is 6.86. The van der Waals surface area contributed by atoms with Gasteiger partial charge in [0.1, 0.15) is 67.0 Å². The Morgan fingerprint density at radius 1 is 0.659 bits per heavy atom. The Hall–Kier alpha value is -2.11. The average molecular weight is 601 g/mol. The lowest BCUT2D eigenvalue weighted by molar-refractivity contribution is -0.361. The second-order valence-corrected chi connectivity index (χ2v) is 9.84. The van der Waals surface area contributed by atoms with E-state index in [1.807, 2.05) is 0 Å². The molecule has 19 nitrogen and oxygen atoms in total. The van der Waals surface area contributed by atoms with E-state index in [0.717, 1.165) is 13.8 Å². The van der Waals surface area contributed by atoms with Crippen molar-refractivity contribution in [3.05, 3.63) is 0 Å². The molecule has 3 fully saturated rings. The number of carboxylic acid groups (broad SMARTS) is 1. The van der Waals surface area contributed by atoms with Crippen LogP contribution in [0.25, 0.3) is 0 Å². The number of carbonyl (C=O) groups is 3. The van der Waals surface area contributed by atoms with E-state index < -0.39 is 123 Å². The first-order valence-corrected chi connectivity index (χ1v) is 12.6. The standard InChI is InChI=1S/C22H36N2O17/c1-5(27)23-9-13(31)16(8(4-26)37-20(9)36)39-22-15(33)14(32)17(18(41-22)19(34)35)40-21-10(24-6(2)28)12(30)11(29)7(3-25)38-21/h7-18,20-22,25-26,29-33,36H,3-4H2,1-2H3,(H,23,27)(H,24,28)(H,34,35)/t7-,8-,9-,10-,11-,12-,13-,14-,15-,16-,17+,18+,20+,21-,22-/m1/s1. The molecule has 0 radical (unpaired) electrons. The number of ether oxygens (including phenoxy) is 5. The van der Waals surface area contributed by atoms with Crippen molar-refractivity contribution in [2.45, 2.75) is 106 Å². The molecule has 11 N–H and O–H groups in total. The molecule has 2 amide bonds. The quantitative estimate of drug-likeness (QED) is 0.117. The molecule has 3 heterocycles. The molecule has 0 saturated carbocycles. The van der Waals surface area contributed by atoms with E-state index in [0.29, 0.717) is 0 Å². The van der Waals surface area contributed by atoms with Gasteiger partial charge in [0.15, 0.2) is 25.0 Å². The highest BCUT2D eigenvalue weighted by molar-refractivity contribution is 5.74. The van der Waals surface area contributed by atoms with E-state index in [9.17, 15) is 60.3 Å². The van der Waals surface area contributed by atoms with Crippen LogP contribution < -0.4 is 10.6 Å². The maximum atomic E-state index is 12.1. The summed E-state index contributed by atoms with van der Waals surface area (Å²) in [7, 11) is 0. The van der Waals surface area contributed by atoms with E-state index in [-0.39, 0.29) is 0 Å². The summed E-state index contributed by atoms with van der Waals surface area (Å²) in [5.74, 6) is -3.12. The summed E-state index contributed by atoms with van der Waals surface area (Å²) in [6.07, 6.45) is -23.6. The Morgan fingerprint density at radius 3 is 1.76 bits per heavy atom. The van der Waals surface area contributed by atoms with Crippen LogP contribution in [-0.2, 0) is 38.1 Å². The van der Waals surface area contributed by atoms with Crippen molar-refractivity contribution in [3.8, 4) is 0 Å². The molecule has 0 aromatic heterocycles. The van der Waals surface area contributed by atoms with Gasteiger partial charge in [-0.1, -0.05) is 0 Å². The summed E-state index contributed by atoms with van der Waals surface area (Å²) >= 11 is 0. The Kier molecular flexibility index (Phi) is 11.3. The molecule has 3 aliphatic heterocycles. The minimum absolute atomic E-state index is 0.670. The van der Waals surface area contributed by atoms with E-state index in [2.05, 4.69) is 10.6 Å². The van der Waals surface area contributed by atoms with Crippen molar-refractivity contribution in [2.75, 3.05) is 13.2 Å². The molecule has 0 aromatic rings. The monoisotopic (exact) mass is 600 g/mol. The largest absolute Gasteiger partial charge is 0.479 e. The molecule has 41 heavy (non-hydrogen) atoms. The van der Waals surface area contributed by atoms with Crippen molar-refractivity contribution >= 4 is 17.8 Å². The topological polar surface area (TPSA) is 303 Å². The predicted octanol–water partition coefficient (Wildman–Crippen LogP) is -7.19. The van der Waals surface area contributed by atoms with Crippen molar-refractivity contribution in [2.24, 2.45) is 0 Å². The summed E-state index contributed by atoms with van der Waals surface area (Å²) < 4.78 is 26.9. The smallest absolute Gasteiger partial charge is 0.335 e. The Balaban J connectivity index is 1.83. The average Bonchev–Trinajstić information content (AvgIpc) is 2.90. The molecule has 0 spiro atoms. The molecule has 0 aliphatic carbocycles. The zero-order valence-corrected chi connectivity index (χ0v) is 21.9. The van der Waals surface area contributed by atoms with E-state index in [1.165, 1.54) is 0 Å². The Morgan fingerprint density at radius 2 is 1.22 bits per heavy atom. The molecular weight excluding hydrogens is 564 g/mol. The number of aliphatic hydroxyl groups is 8. The number of nitrogens with one attached hydrogen (secondary N) is 2. The molecule has 15 atom stereocenters. The molecule has 3 aliphatic rings.